The number of rotatable bonds is 1. The molecule has 0 bridgehead atoms. The average Bonchev–Trinajstić information content (AvgIpc) is 2.75. The van der Waals surface area contributed by atoms with Gasteiger partial charge in [-0.25, -0.2) is 4.39 Å². The molecule has 0 aliphatic carbocycles. The Kier molecular flexibility index (Phi) is 2.33. The molecule has 0 spiro atoms. The molecule has 0 fully saturated rings. The van der Waals surface area contributed by atoms with Gasteiger partial charge in [-0.15, -0.1) is 0 Å². The number of anilines is 1. The lowest BCUT2D eigenvalue weighted by molar-refractivity contribution is 0.619. The van der Waals surface area contributed by atoms with Gasteiger partial charge < -0.3 is 10.2 Å². The third-order valence-corrected chi connectivity index (χ3v) is 3.04. The summed E-state index contributed by atoms with van der Waals surface area (Å²) < 4.78 is 18.8. The van der Waals surface area contributed by atoms with Crippen molar-refractivity contribution >= 4 is 16.7 Å². The van der Waals surface area contributed by atoms with E-state index < -0.39 is 0 Å². The number of furan rings is 1. The van der Waals surface area contributed by atoms with Crippen LogP contribution in [-0.2, 0) is 0 Å². The Morgan fingerprint density at radius 2 is 1.89 bits per heavy atom. The highest BCUT2D eigenvalue weighted by Crippen LogP contribution is 2.30. The number of hydrogen-bond donors (Lipinski definition) is 1. The molecule has 0 saturated heterocycles. The minimum atomic E-state index is -0.265. The van der Waals surface area contributed by atoms with E-state index in [1.807, 2.05) is 31.2 Å². The van der Waals surface area contributed by atoms with Gasteiger partial charge in [0.25, 0.3) is 0 Å². The van der Waals surface area contributed by atoms with E-state index in [2.05, 4.69) is 0 Å². The molecule has 1 heterocycles. The fourth-order valence-corrected chi connectivity index (χ4v) is 1.95. The minimum absolute atomic E-state index is 0.265. The van der Waals surface area contributed by atoms with E-state index in [-0.39, 0.29) is 5.82 Å². The highest BCUT2D eigenvalue weighted by atomic mass is 19.1. The Morgan fingerprint density at radius 3 is 2.67 bits per heavy atom. The molecule has 3 heteroatoms. The van der Waals surface area contributed by atoms with Gasteiger partial charge in [-0.1, -0.05) is 12.1 Å². The first-order valence-electron chi connectivity index (χ1n) is 5.69. The molecule has 2 nitrogen and oxygen atoms in total. The van der Waals surface area contributed by atoms with Crippen molar-refractivity contribution in [3.63, 3.8) is 0 Å². The molecule has 0 atom stereocenters. The second kappa shape index (κ2) is 3.88. The lowest BCUT2D eigenvalue weighted by Gasteiger charge is -2.01. The van der Waals surface area contributed by atoms with E-state index in [0.29, 0.717) is 11.3 Å². The normalized spacial score (nSPS) is 11.0. The monoisotopic (exact) mass is 241 g/mol. The molecule has 0 radical (unpaired) electrons. The first-order valence-corrected chi connectivity index (χ1v) is 5.69. The zero-order valence-corrected chi connectivity index (χ0v) is 9.91. The van der Waals surface area contributed by atoms with E-state index in [0.717, 1.165) is 22.2 Å². The topological polar surface area (TPSA) is 39.2 Å². The second-order valence-electron chi connectivity index (χ2n) is 4.36. The zero-order valence-electron chi connectivity index (χ0n) is 9.91. The van der Waals surface area contributed by atoms with Crippen LogP contribution in [0.1, 0.15) is 5.56 Å². The van der Waals surface area contributed by atoms with Crippen LogP contribution in [0.15, 0.2) is 46.9 Å². The summed E-state index contributed by atoms with van der Waals surface area (Å²) in [5, 5.41) is 0.754. The highest BCUT2D eigenvalue weighted by molar-refractivity contribution is 5.83. The lowest BCUT2D eigenvalue weighted by Crippen LogP contribution is -1.89. The molecular formula is C15H12FNO. The number of halogens is 1. The van der Waals surface area contributed by atoms with Crippen LogP contribution in [0.3, 0.4) is 0 Å². The molecule has 3 rings (SSSR count). The van der Waals surface area contributed by atoms with Gasteiger partial charge in [0.1, 0.15) is 17.2 Å². The number of fused-ring (bicyclic) bond motifs is 1. The van der Waals surface area contributed by atoms with E-state index in [9.17, 15) is 4.39 Å². The summed E-state index contributed by atoms with van der Waals surface area (Å²) in [4.78, 5) is 0. The summed E-state index contributed by atoms with van der Waals surface area (Å²) in [6, 6.07) is 12.1. The van der Waals surface area contributed by atoms with Crippen LogP contribution in [0.2, 0.25) is 0 Å². The second-order valence-corrected chi connectivity index (χ2v) is 4.36. The molecule has 2 aromatic carbocycles. The molecule has 0 unspecified atom stereocenters. The van der Waals surface area contributed by atoms with Crippen molar-refractivity contribution in [1.29, 1.82) is 0 Å². The molecule has 0 aliphatic rings. The highest BCUT2D eigenvalue weighted by Gasteiger charge is 2.07. The van der Waals surface area contributed by atoms with Crippen LogP contribution in [-0.4, -0.2) is 0 Å². The number of aryl methyl sites for hydroxylation is 1. The summed E-state index contributed by atoms with van der Waals surface area (Å²) in [6.07, 6.45) is 0. The van der Waals surface area contributed by atoms with Crippen LogP contribution in [0, 0.1) is 12.7 Å². The van der Waals surface area contributed by atoms with E-state index in [1.165, 1.54) is 12.1 Å². The van der Waals surface area contributed by atoms with Crippen LogP contribution < -0.4 is 5.73 Å². The average molecular weight is 241 g/mol. The van der Waals surface area contributed by atoms with Crippen molar-refractivity contribution in [1.82, 2.24) is 0 Å². The summed E-state index contributed by atoms with van der Waals surface area (Å²) >= 11 is 0. The quantitative estimate of drug-likeness (QED) is 0.650. The predicted octanol–water partition coefficient (Wildman–Crippen LogP) is 4.13. The van der Waals surface area contributed by atoms with Crippen molar-refractivity contribution in [2.45, 2.75) is 6.92 Å². The van der Waals surface area contributed by atoms with Gasteiger partial charge in [0.05, 0.1) is 0 Å². The fraction of sp³-hybridized carbons (Fsp3) is 0.0667. The van der Waals surface area contributed by atoms with Crippen LogP contribution in [0.5, 0.6) is 0 Å². The van der Waals surface area contributed by atoms with Crippen LogP contribution >= 0.6 is 0 Å². The van der Waals surface area contributed by atoms with Gasteiger partial charge in [-0.05, 0) is 42.8 Å². The number of nitrogens with two attached hydrogens (primary N) is 1. The first kappa shape index (κ1) is 10.8. The molecule has 0 amide bonds. The largest absolute Gasteiger partial charge is 0.456 e. The number of hydrogen-bond acceptors (Lipinski definition) is 2. The van der Waals surface area contributed by atoms with Crippen molar-refractivity contribution in [3.05, 3.63) is 53.8 Å². The Hall–Kier alpha value is -2.29. The minimum Gasteiger partial charge on any atom is -0.456 e. The summed E-state index contributed by atoms with van der Waals surface area (Å²) in [5.74, 6) is 0.431. The Labute approximate surface area is 104 Å². The standard InChI is InChI=1S/C15H12FNO/c1-9-2-3-10(7-13(9)17)15-8-11-6-12(16)4-5-14(11)18-15/h2-8H,17H2,1H3. The Balaban J connectivity index is 2.16. The van der Waals surface area contributed by atoms with E-state index in [4.69, 9.17) is 10.2 Å². The maximum Gasteiger partial charge on any atom is 0.135 e. The van der Waals surface area contributed by atoms with Gasteiger partial charge in [0.15, 0.2) is 0 Å². The molecule has 18 heavy (non-hydrogen) atoms. The zero-order chi connectivity index (χ0) is 12.7. The molecule has 3 aromatic rings. The van der Waals surface area contributed by atoms with Crippen molar-refractivity contribution < 1.29 is 8.81 Å². The third kappa shape index (κ3) is 1.74. The summed E-state index contributed by atoms with van der Waals surface area (Å²) in [7, 11) is 0. The van der Waals surface area contributed by atoms with Crippen LogP contribution in [0.25, 0.3) is 22.3 Å². The molecule has 0 aliphatic heterocycles. The maximum atomic E-state index is 13.1. The molecule has 2 N–H and O–H groups in total. The van der Waals surface area contributed by atoms with Crippen molar-refractivity contribution in [2.75, 3.05) is 5.73 Å². The van der Waals surface area contributed by atoms with E-state index >= 15 is 0 Å². The molecule has 1 aromatic heterocycles. The fourth-order valence-electron chi connectivity index (χ4n) is 1.95. The van der Waals surface area contributed by atoms with Crippen LogP contribution in [0.4, 0.5) is 10.1 Å². The Bertz CT molecular complexity index is 730. The molecular weight excluding hydrogens is 229 g/mol. The summed E-state index contributed by atoms with van der Waals surface area (Å²) in [5.41, 5.74) is 9.19. The first-order chi connectivity index (χ1) is 8.63. The molecule has 0 saturated carbocycles. The Morgan fingerprint density at radius 1 is 1.06 bits per heavy atom. The SMILES string of the molecule is Cc1ccc(-c2cc3cc(F)ccc3o2)cc1N. The van der Waals surface area contributed by atoms with Gasteiger partial charge >= 0.3 is 0 Å². The number of benzene rings is 2. The van der Waals surface area contributed by atoms with E-state index in [1.54, 1.807) is 6.07 Å². The predicted molar refractivity (Wildman–Crippen MR) is 70.8 cm³/mol. The number of nitrogen functional groups attached to an aromatic ring is 1. The van der Waals surface area contributed by atoms with Crippen molar-refractivity contribution in [2.24, 2.45) is 0 Å². The summed E-state index contributed by atoms with van der Waals surface area (Å²) in [6.45, 7) is 1.95. The van der Waals surface area contributed by atoms with Gasteiger partial charge in [0.2, 0.25) is 0 Å². The van der Waals surface area contributed by atoms with Crippen molar-refractivity contribution in [3.8, 4) is 11.3 Å². The van der Waals surface area contributed by atoms with Gasteiger partial charge in [0, 0.05) is 16.6 Å². The van der Waals surface area contributed by atoms with Gasteiger partial charge in [-0.3, -0.25) is 0 Å². The smallest absolute Gasteiger partial charge is 0.135 e. The molecule has 90 valence electrons. The third-order valence-electron chi connectivity index (χ3n) is 3.04. The maximum absolute atomic E-state index is 13.1. The lowest BCUT2D eigenvalue weighted by atomic mass is 10.1. The van der Waals surface area contributed by atoms with Gasteiger partial charge in [-0.2, -0.15) is 0 Å².